The number of hydrogen-bond donors (Lipinski definition) is 1. The molecule has 1 N–H and O–H groups in total. The van der Waals surface area contributed by atoms with Crippen molar-refractivity contribution in [3.05, 3.63) is 124 Å². The maximum Gasteiger partial charge on any atom is 0.253 e. The lowest BCUT2D eigenvalue weighted by Gasteiger charge is -2.32. The molecule has 0 spiro atoms. The maximum absolute atomic E-state index is 13.6. The number of carbonyl (C=O) groups is 2. The Bertz CT molecular complexity index is 1620. The summed E-state index contributed by atoms with van der Waals surface area (Å²) < 4.78 is 0. The van der Waals surface area contributed by atoms with E-state index in [1.165, 1.54) is 50.1 Å². The van der Waals surface area contributed by atoms with Gasteiger partial charge in [0.15, 0.2) is 0 Å². The van der Waals surface area contributed by atoms with Crippen LogP contribution in [0, 0.1) is 11.8 Å². The highest BCUT2D eigenvalue weighted by Crippen LogP contribution is 2.28. The second kappa shape index (κ2) is 17.4. The Morgan fingerprint density at radius 2 is 1.54 bits per heavy atom. The molecule has 2 aliphatic rings. The lowest BCUT2D eigenvalue weighted by Crippen LogP contribution is -2.38. The van der Waals surface area contributed by atoms with Crippen LogP contribution in [0.2, 0.25) is 0 Å². The molecule has 6 heteroatoms. The van der Waals surface area contributed by atoms with Crippen LogP contribution in [0.3, 0.4) is 0 Å². The second-order valence-electron chi connectivity index (χ2n) is 13.5. The highest BCUT2D eigenvalue weighted by Gasteiger charge is 2.24. The number of amides is 2. The number of piperidine rings is 2. The number of nitrogens with zero attached hydrogens (tertiary/aromatic N) is 2. The van der Waals surface area contributed by atoms with Crippen LogP contribution >= 0.6 is 11.3 Å². The van der Waals surface area contributed by atoms with Crippen molar-refractivity contribution in [2.75, 3.05) is 32.7 Å². The van der Waals surface area contributed by atoms with Crippen molar-refractivity contribution in [1.82, 2.24) is 15.1 Å². The summed E-state index contributed by atoms with van der Waals surface area (Å²) >= 11 is 1.73. The SMILES string of the molecule is O=C(/C=C/c1ccccc1)N(CCc1cccs1)Cc1cccc(-c2cccc(C(=O)N3CCC(CCCC4CCNCC4)CC3)c2)c1. The van der Waals surface area contributed by atoms with Crippen molar-refractivity contribution in [2.45, 2.75) is 57.9 Å². The number of carbonyl (C=O) groups excluding carboxylic acids is 2. The Kier molecular flexibility index (Phi) is 12.3. The van der Waals surface area contributed by atoms with Gasteiger partial charge in [-0.2, -0.15) is 0 Å². The van der Waals surface area contributed by atoms with E-state index in [4.69, 9.17) is 0 Å². The third kappa shape index (κ3) is 9.77. The molecule has 48 heavy (non-hydrogen) atoms. The van der Waals surface area contributed by atoms with Crippen molar-refractivity contribution in [3.63, 3.8) is 0 Å². The van der Waals surface area contributed by atoms with Gasteiger partial charge in [-0.1, -0.05) is 86.0 Å². The van der Waals surface area contributed by atoms with E-state index >= 15 is 0 Å². The van der Waals surface area contributed by atoms with Crippen LogP contribution in [-0.4, -0.2) is 54.3 Å². The van der Waals surface area contributed by atoms with Crippen LogP contribution in [0.15, 0.2) is 102 Å². The third-order valence-electron chi connectivity index (χ3n) is 10.1. The highest BCUT2D eigenvalue weighted by atomic mass is 32.1. The van der Waals surface area contributed by atoms with Crippen molar-refractivity contribution in [2.24, 2.45) is 11.8 Å². The molecular formula is C42H49N3O2S. The Morgan fingerprint density at radius 1 is 0.812 bits per heavy atom. The van der Waals surface area contributed by atoms with E-state index in [2.05, 4.69) is 58.1 Å². The molecule has 4 aromatic rings. The summed E-state index contributed by atoms with van der Waals surface area (Å²) in [5.74, 6) is 1.78. The number of likely N-dealkylation sites (tertiary alicyclic amines) is 1. The van der Waals surface area contributed by atoms with Gasteiger partial charge in [-0.05, 0) is 115 Å². The molecule has 2 fully saturated rings. The smallest absolute Gasteiger partial charge is 0.253 e. The quantitative estimate of drug-likeness (QED) is 0.146. The maximum atomic E-state index is 13.6. The Morgan fingerprint density at radius 3 is 2.29 bits per heavy atom. The minimum atomic E-state index is -0.000973. The summed E-state index contributed by atoms with van der Waals surface area (Å²) in [7, 11) is 0. The number of thiophene rings is 1. The molecule has 3 aromatic carbocycles. The van der Waals surface area contributed by atoms with Crippen LogP contribution in [0.5, 0.6) is 0 Å². The van der Waals surface area contributed by atoms with Crippen molar-refractivity contribution in [3.8, 4) is 11.1 Å². The summed E-state index contributed by atoms with van der Waals surface area (Å²) in [6, 6.07) is 30.6. The van der Waals surface area contributed by atoms with Gasteiger partial charge in [0.05, 0.1) is 0 Å². The molecule has 0 unspecified atom stereocenters. The van der Waals surface area contributed by atoms with Gasteiger partial charge in [0.25, 0.3) is 5.91 Å². The monoisotopic (exact) mass is 659 g/mol. The minimum Gasteiger partial charge on any atom is -0.339 e. The largest absolute Gasteiger partial charge is 0.339 e. The summed E-state index contributed by atoms with van der Waals surface area (Å²) in [6.45, 7) is 5.22. The molecule has 5 nitrogen and oxygen atoms in total. The topological polar surface area (TPSA) is 52.7 Å². The molecular weight excluding hydrogens is 611 g/mol. The Labute approximate surface area is 290 Å². The molecule has 2 amide bonds. The van der Waals surface area contributed by atoms with E-state index in [0.717, 1.165) is 72.0 Å². The lowest BCUT2D eigenvalue weighted by molar-refractivity contribution is -0.126. The normalized spacial score (nSPS) is 16.0. The first kappa shape index (κ1) is 33.9. The van der Waals surface area contributed by atoms with E-state index in [-0.39, 0.29) is 11.8 Å². The average Bonchev–Trinajstić information content (AvgIpc) is 3.67. The summed E-state index contributed by atoms with van der Waals surface area (Å²) in [6.07, 6.45) is 13.3. The van der Waals surface area contributed by atoms with Crippen LogP contribution < -0.4 is 5.32 Å². The fourth-order valence-electron chi connectivity index (χ4n) is 7.18. The first-order valence-electron chi connectivity index (χ1n) is 17.8. The van der Waals surface area contributed by atoms with E-state index in [1.807, 2.05) is 59.5 Å². The van der Waals surface area contributed by atoms with Gasteiger partial charge in [0.2, 0.25) is 5.91 Å². The number of rotatable bonds is 13. The van der Waals surface area contributed by atoms with Crippen LogP contribution in [-0.2, 0) is 17.8 Å². The standard InChI is InChI=1S/C42H49N3O2S/c46-41(18-17-33-8-2-1-3-9-33)45(28-23-40-16-7-29-48-40)32-36-12-5-13-37(30-36)38-14-6-15-39(31-38)42(47)44-26-21-35(22-27-44)11-4-10-34-19-24-43-25-20-34/h1-3,5-9,12-18,29-31,34-35,43H,4,10-11,19-28,32H2/b18-17+. The van der Waals surface area contributed by atoms with Crippen molar-refractivity contribution in [1.29, 1.82) is 0 Å². The molecule has 250 valence electrons. The van der Waals surface area contributed by atoms with E-state index in [0.29, 0.717) is 13.1 Å². The van der Waals surface area contributed by atoms with E-state index in [9.17, 15) is 9.59 Å². The van der Waals surface area contributed by atoms with Gasteiger partial charge in [0.1, 0.15) is 0 Å². The van der Waals surface area contributed by atoms with Gasteiger partial charge in [-0.3, -0.25) is 9.59 Å². The Balaban J connectivity index is 1.07. The fraction of sp³-hybridized carbons (Fsp3) is 0.381. The molecule has 2 saturated heterocycles. The molecule has 6 rings (SSSR count). The number of hydrogen-bond acceptors (Lipinski definition) is 4. The summed E-state index contributed by atoms with van der Waals surface area (Å²) in [5, 5.41) is 5.56. The molecule has 1 aromatic heterocycles. The predicted octanol–water partition coefficient (Wildman–Crippen LogP) is 8.72. The minimum absolute atomic E-state index is 0.000973. The van der Waals surface area contributed by atoms with Gasteiger partial charge >= 0.3 is 0 Å². The van der Waals surface area contributed by atoms with Gasteiger partial charge in [-0.15, -0.1) is 11.3 Å². The lowest BCUT2D eigenvalue weighted by atomic mass is 9.87. The molecule has 0 atom stereocenters. The van der Waals surface area contributed by atoms with Crippen LogP contribution in [0.1, 0.15) is 71.3 Å². The molecule has 0 aliphatic carbocycles. The van der Waals surface area contributed by atoms with E-state index in [1.54, 1.807) is 17.4 Å². The second-order valence-corrected chi connectivity index (χ2v) is 14.5. The highest BCUT2D eigenvalue weighted by molar-refractivity contribution is 7.09. The molecule has 0 saturated carbocycles. The zero-order valence-electron chi connectivity index (χ0n) is 28.1. The average molecular weight is 660 g/mol. The third-order valence-corrected chi connectivity index (χ3v) is 11.0. The fourth-order valence-corrected chi connectivity index (χ4v) is 7.88. The predicted molar refractivity (Wildman–Crippen MR) is 199 cm³/mol. The Hall–Kier alpha value is -4.00. The van der Waals surface area contributed by atoms with Crippen molar-refractivity contribution >= 4 is 29.2 Å². The zero-order chi connectivity index (χ0) is 33.0. The van der Waals surface area contributed by atoms with Crippen LogP contribution in [0.25, 0.3) is 17.2 Å². The van der Waals surface area contributed by atoms with Gasteiger partial charge < -0.3 is 15.1 Å². The van der Waals surface area contributed by atoms with Gasteiger partial charge in [-0.25, -0.2) is 0 Å². The molecule has 3 heterocycles. The van der Waals surface area contributed by atoms with Gasteiger partial charge in [0, 0.05) is 42.7 Å². The molecule has 0 radical (unpaired) electrons. The molecule has 0 bridgehead atoms. The first-order valence-corrected chi connectivity index (χ1v) is 18.7. The van der Waals surface area contributed by atoms with Crippen molar-refractivity contribution < 1.29 is 9.59 Å². The zero-order valence-corrected chi connectivity index (χ0v) is 28.9. The number of benzene rings is 3. The first-order chi connectivity index (χ1) is 23.6. The van der Waals surface area contributed by atoms with E-state index < -0.39 is 0 Å². The van der Waals surface area contributed by atoms with Crippen LogP contribution in [0.4, 0.5) is 0 Å². The summed E-state index contributed by atoms with van der Waals surface area (Å²) in [5.41, 5.74) is 4.91. The number of nitrogens with one attached hydrogen (secondary N) is 1. The summed E-state index contributed by atoms with van der Waals surface area (Å²) in [4.78, 5) is 32.3. The molecule has 2 aliphatic heterocycles.